The summed E-state index contributed by atoms with van der Waals surface area (Å²) in [5.74, 6) is 0. The van der Waals surface area contributed by atoms with Crippen LogP contribution in [0.4, 0.5) is 0 Å². The summed E-state index contributed by atoms with van der Waals surface area (Å²) in [6, 6.07) is 0. The largest absolute Gasteiger partial charge is 0.103 e. The van der Waals surface area contributed by atoms with E-state index >= 15 is 0 Å². The van der Waals surface area contributed by atoms with Gasteiger partial charge in [-0.3, -0.25) is 0 Å². The molecule has 0 heterocycles. The summed E-state index contributed by atoms with van der Waals surface area (Å²) in [6.45, 7) is 20.4. The summed E-state index contributed by atoms with van der Waals surface area (Å²) in [5.41, 5.74) is 5.89. The number of hydrogen-bond donors (Lipinski definition) is 0. The molecule has 0 heteroatoms. The molecule has 0 aromatic carbocycles. The minimum Gasteiger partial charge on any atom is -0.103 e. The second kappa shape index (κ2) is 20.7. The first-order valence-corrected chi connectivity index (χ1v) is 10.7. The lowest BCUT2D eigenvalue weighted by molar-refractivity contribution is 0.731. The van der Waals surface area contributed by atoms with E-state index in [4.69, 9.17) is 0 Å². The Morgan fingerprint density at radius 1 is 0.630 bits per heavy atom. The highest BCUT2D eigenvalue weighted by Gasteiger charge is 1.94. The Kier molecular flexibility index (Phi) is 21.3. The Bertz CT molecular complexity index is 486. The fourth-order valence-corrected chi connectivity index (χ4v) is 2.71. The van der Waals surface area contributed by atoms with Gasteiger partial charge in [-0.2, -0.15) is 0 Å². The first kappa shape index (κ1) is 27.7. The summed E-state index contributed by atoms with van der Waals surface area (Å²) < 4.78 is 0. The topological polar surface area (TPSA) is 0 Å². The Balaban J connectivity index is 0. The van der Waals surface area contributed by atoms with E-state index < -0.39 is 0 Å². The SMILES string of the molecule is C=CCC(=CC)CCCC=C(C)C.C=CCC(=CC)CCCCC=C(C)C. The van der Waals surface area contributed by atoms with Crippen LogP contribution in [0.25, 0.3) is 0 Å². The van der Waals surface area contributed by atoms with Gasteiger partial charge in [0.05, 0.1) is 0 Å². The van der Waals surface area contributed by atoms with Crippen molar-refractivity contribution in [1.29, 1.82) is 0 Å². The second-order valence-electron chi connectivity index (χ2n) is 7.58. The van der Waals surface area contributed by atoms with Crippen LogP contribution in [0.2, 0.25) is 0 Å². The molecule has 0 rings (SSSR count). The van der Waals surface area contributed by atoms with Crippen molar-refractivity contribution in [2.45, 2.75) is 99.3 Å². The Morgan fingerprint density at radius 3 is 1.41 bits per heavy atom. The van der Waals surface area contributed by atoms with Gasteiger partial charge in [0, 0.05) is 0 Å². The maximum atomic E-state index is 3.77. The van der Waals surface area contributed by atoms with E-state index in [0.29, 0.717) is 0 Å². The highest BCUT2D eigenvalue weighted by atomic mass is 14.0. The van der Waals surface area contributed by atoms with E-state index in [-0.39, 0.29) is 0 Å². The Labute approximate surface area is 171 Å². The molecule has 0 aliphatic carbocycles. The van der Waals surface area contributed by atoms with Crippen LogP contribution in [0.15, 0.2) is 71.9 Å². The van der Waals surface area contributed by atoms with Gasteiger partial charge in [-0.25, -0.2) is 0 Å². The van der Waals surface area contributed by atoms with Crippen LogP contribution in [-0.4, -0.2) is 0 Å². The van der Waals surface area contributed by atoms with Crippen molar-refractivity contribution >= 4 is 0 Å². The zero-order chi connectivity index (χ0) is 20.9. The molecule has 0 aromatic rings. The molecular formula is C27H46. The van der Waals surface area contributed by atoms with Crippen LogP contribution in [0.3, 0.4) is 0 Å². The molecule has 0 fully saturated rings. The van der Waals surface area contributed by atoms with Crippen molar-refractivity contribution in [1.82, 2.24) is 0 Å². The van der Waals surface area contributed by atoms with Gasteiger partial charge in [0.1, 0.15) is 0 Å². The van der Waals surface area contributed by atoms with E-state index in [1.807, 2.05) is 12.2 Å². The van der Waals surface area contributed by atoms with E-state index in [1.54, 1.807) is 0 Å². The lowest BCUT2D eigenvalue weighted by Crippen LogP contribution is -1.82. The van der Waals surface area contributed by atoms with Gasteiger partial charge in [-0.1, -0.05) is 58.7 Å². The average Bonchev–Trinajstić information content (AvgIpc) is 2.63. The number of hydrogen-bond acceptors (Lipinski definition) is 0. The van der Waals surface area contributed by atoms with Gasteiger partial charge >= 0.3 is 0 Å². The molecule has 0 spiro atoms. The molecule has 0 amide bonds. The number of allylic oxidation sites excluding steroid dienone is 10. The van der Waals surface area contributed by atoms with E-state index in [1.165, 1.54) is 67.2 Å². The summed E-state index contributed by atoms with van der Waals surface area (Å²) in [4.78, 5) is 0. The molecule has 0 nitrogen and oxygen atoms in total. The van der Waals surface area contributed by atoms with Gasteiger partial charge in [0.2, 0.25) is 0 Å². The number of unbranched alkanes of at least 4 members (excludes halogenated alkanes) is 3. The van der Waals surface area contributed by atoms with Crippen LogP contribution >= 0.6 is 0 Å². The first-order chi connectivity index (χ1) is 12.9. The van der Waals surface area contributed by atoms with Crippen molar-refractivity contribution in [2.75, 3.05) is 0 Å². The highest BCUT2D eigenvalue weighted by molar-refractivity contribution is 5.06. The van der Waals surface area contributed by atoms with Crippen LogP contribution in [0, 0.1) is 0 Å². The van der Waals surface area contributed by atoms with Crippen LogP contribution in [-0.2, 0) is 0 Å². The molecule has 154 valence electrons. The quantitative estimate of drug-likeness (QED) is 0.223. The third-order valence-electron chi connectivity index (χ3n) is 4.39. The molecule has 0 radical (unpaired) electrons. The van der Waals surface area contributed by atoms with E-state index in [2.05, 4.69) is 79.0 Å². The Hall–Kier alpha value is -1.56. The van der Waals surface area contributed by atoms with Gasteiger partial charge in [-0.15, -0.1) is 13.2 Å². The fraction of sp³-hybridized carbons (Fsp3) is 0.556. The second-order valence-corrected chi connectivity index (χ2v) is 7.58. The van der Waals surface area contributed by atoms with Crippen LogP contribution in [0.1, 0.15) is 99.3 Å². The molecule has 27 heavy (non-hydrogen) atoms. The molecule has 0 N–H and O–H groups in total. The monoisotopic (exact) mass is 370 g/mol. The maximum Gasteiger partial charge on any atom is -0.0142 e. The molecule has 0 aromatic heterocycles. The van der Waals surface area contributed by atoms with Crippen LogP contribution < -0.4 is 0 Å². The van der Waals surface area contributed by atoms with Crippen molar-refractivity contribution in [3.8, 4) is 0 Å². The van der Waals surface area contributed by atoms with E-state index in [0.717, 1.165) is 12.8 Å². The van der Waals surface area contributed by atoms with Gasteiger partial charge in [0.15, 0.2) is 0 Å². The lowest BCUT2D eigenvalue weighted by atomic mass is 10.0. The summed E-state index contributed by atoms with van der Waals surface area (Å²) >= 11 is 0. The molecule has 0 unspecified atom stereocenters. The van der Waals surface area contributed by atoms with Crippen molar-refractivity contribution in [3.63, 3.8) is 0 Å². The predicted molar refractivity (Wildman–Crippen MR) is 128 cm³/mol. The molecule has 0 aliphatic rings. The van der Waals surface area contributed by atoms with Crippen LogP contribution in [0.5, 0.6) is 0 Å². The molecule has 0 atom stereocenters. The molecule has 0 bridgehead atoms. The van der Waals surface area contributed by atoms with E-state index in [9.17, 15) is 0 Å². The third kappa shape index (κ3) is 22.4. The standard InChI is InChI=1S/C14H24.C13H22/c1-5-10-14(6-2)12-9-7-8-11-13(3)4;1-5-9-13(6-2)11-8-7-10-12(3)4/h5-6,11H,1,7-10,12H2,2-4H3;5-6,10H,1,7-9,11H2,2-4H3. The maximum absolute atomic E-state index is 3.77. The molecule has 0 saturated carbocycles. The third-order valence-corrected chi connectivity index (χ3v) is 4.39. The Morgan fingerprint density at radius 2 is 1.04 bits per heavy atom. The molecule has 0 saturated heterocycles. The number of rotatable bonds is 13. The lowest BCUT2D eigenvalue weighted by Gasteiger charge is -2.02. The zero-order valence-electron chi connectivity index (χ0n) is 19.2. The van der Waals surface area contributed by atoms with Crippen molar-refractivity contribution < 1.29 is 0 Å². The minimum absolute atomic E-state index is 1.05. The fourth-order valence-electron chi connectivity index (χ4n) is 2.71. The summed E-state index contributed by atoms with van der Waals surface area (Å²) in [5, 5.41) is 0. The zero-order valence-corrected chi connectivity index (χ0v) is 19.2. The minimum atomic E-state index is 1.05. The normalized spacial score (nSPS) is 11.2. The van der Waals surface area contributed by atoms with Gasteiger partial charge in [-0.05, 0) is 99.3 Å². The van der Waals surface area contributed by atoms with Gasteiger partial charge < -0.3 is 0 Å². The van der Waals surface area contributed by atoms with Crippen molar-refractivity contribution in [3.05, 3.63) is 71.9 Å². The van der Waals surface area contributed by atoms with Gasteiger partial charge in [0.25, 0.3) is 0 Å². The average molecular weight is 371 g/mol. The van der Waals surface area contributed by atoms with Crippen molar-refractivity contribution in [2.24, 2.45) is 0 Å². The molecular weight excluding hydrogens is 324 g/mol. The summed E-state index contributed by atoms with van der Waals surface area (Å²) in [7, 11) is 0. The predicted octanol–water partition coefficient (Wildman–Crippen LogP) is 9.68. The first-order valence-electron chi connectivity index (χ1n) is 10.7. The summed E-state index contributed by atoms with van der Waals surface area (Å²) in [6.07, 6.45) is 23.9. The molecule has 0 aliphatic heterocycles. The smallest absolute Gasteiger partial charge is 0.0142 e. The highest BCUT2D eigenvalue weighted by Crippen LogP contribution is 2.14.